The van der Waals surface area contributed by atoms with Crippen LogP contribution in [0.1, 0.15) is 52.9 Å². The summed E-state index contributed by atoms with van der Waals surface area (Å²) in [7, 11) is 0. The molecule has 1 heteroatoms. The van der Waals surface area contributed by atoms with Gasteiger partial charge < -0.3 is 0 Å². The summed E-state index contributed by atoms with van der Waals surface area (Å²) in [6, 6.07) is 2.52. The first-order valence-electron chi connectivity index (χ1n) is 5.96. The van der Waals surface area contributed by atoms with Crippen LogP contribution >= 0.6 is 0 Å². The van der Waals surface area contributed by atoms with Crippen LogP contribution in [0.4, 0.5) is 0 Å². The summed E-state index contributed by atoms with van der Waals surface area (Å²) in [5.74, 6) is 0.781. The third kappa shape index (κ3) is 2.84. The monoisotopic (exact) mass is 205 g/mol. The van der Waals surface area contributed by atoms with Crippen molar-refractivity contribution in [3.63, 3.8) is 0 Å². The average Bonchev–Trinajstić information content (AvgIpc) is 2.17. The molecule has 0 N–H and O–H groups in total. The van der Waals surface area contributed by atoms with Crippen LogP contribution in [0.15, 0.2) is 12.7 Å². The normalized spacial score (nSPS) is 32.0. The zero-order valence-electron chi connectivity index (χ0n) is 10.3. The molecular weight excluding hydrogens is 182 g/mol. The van der Waals surface area contributed by atoms with Crippen LogP contribution in [-0.4, -0.2) is 0 Å². The largest absolute Gasteiger partial charge is 0.198 e. The summed E-state index contributed by atoms with van der Waals surface area (Å²) in [5, 5.41) is 9.26. The Morgan fingerprint density at radius 1 is 1.40 bits per heavy atom. The van der Waals surface area contributed by atoms with E-state index >= 15 is 0 Å². The van der Waals surface area contributed by atoms with Crippen molar-refractivity contribution in [2.24, 2.45) is 16.7 Å². The van der Waals surface area contributed by atoms with Crippen LogP contribution in [0.25, 0.3) is 0 Å². The van der Waals surface area contributed by atoms with E-state index in [0.29, 0.717) is 5.41 Å². The number of rotatable bonds is 2. The highest BCUT2D eigenvalue weighted by Crippen LogP contribution is 2.46. The minimum Gasteiger partial charge on any atom is -0.198 e. The number of allylic oxidation sites excluding steroid dienone is 1. The highest BCUT2D eigenvalue weighted by molar-refractivity contribution is 5.05. The molecule has 15 heavy (non-hydrogen) atoms. The Kier molecular flexibility index (Phi) is 3.60. The molecule has 0 amide bonds. The van der Waals surface area contributed by atoms with Gasteiger partial charge >= 0.3 is 0 Å². The van der Waals surface area contributed by atoms with Crippen molar-refractivity contribution in [2.45, 2.75) is 52.9 Å². The van der Waals surface area contributed by atoms with E-state index in [1.807, 2.05) is 6.08 Å². The maximum absolute atomic E-state index is 9.26. The molecule has 0 aliphatic heterocycles. The van der Waals surface area contributed by atoms with Gasteiger partial charge in [0.2, 0.25) is 0 Å². The van der Waals surface area contributed by atoms with Gasteiger partial charge in [-0.05, 0) is 43.4 Å². The second-order valence-corrected chi connectivity index (χ2v) is 6.03. The van der Waals surface area contributed by atoms with E-state index in [-0.39, 0.29) is 5.41 Å². The van der Waals surface area contributed by atoms with Gasteiger partial charge in [0.15, 0.2) is 0 Å². The number of hydrogen-bond donors (Lipinski definition) is 0. The van der Waals surface area contributed by atoms with Crippen molar-refractivity contribution >= 4 is 0 Å². The third-order valence-electron chi connectivity index (χ3n) is 3.94. The van der Waals surface area contributed by atoms with Crippen molar-refractivity contribution in [3.05, 3.63) is 12.7 Å². The van der Waals surface area contributed by atoms with Crippen molar-refractivity contribution in [1.29, 1.82) is 5.26 Å². The fraction of sp³-hybridized carbons (Fsp3) is 0.786. The molecule has 1 fully saturated rings. The molecule has 84 valence electrons. The lowest BCUT2D eigenvalue weighted by atomic mass is 9.63. The van der Waals surface area contributed by atoms with E-state index in [1.165, 1.54) is 12.8 Å². The zero-order valence-corrected chi connectivity index (χ0v) is 10.3. The van der Waals surface area contributed by atoms with Gasteiger partial charge in [0, 0.05) is 0 Å². The maximum atomic E-state index is 9.26. The lowest BCUT2D eigenvalue weighted by molar-refractivity contribution is 0.122. The van der Waals surface area contributed by atoms with Crippen LogP contribution in [0.5, 0.6) is 0 Å². The van der Waals surface area contributed by atoms with Crippen LogP contribution in [0, 0.1) is 28.1 Å². The standard InChI is InChI=1S/C14H23N/c1-5-8-14(11-15)9-6-12(7-10-14)13(2,3)4/h5,12H,1,6-10H2,2-4H3. The quantitative estimate of drug-likeness (QED) is 0.616. The fourth-order valence-corrected chi connectivity index (χ4v) is 2.67. The van der Waals surface area contributed by atoms with E-state index in [9.17, 15) is 5.26 Å². The van der Waals surface area contributed by atoms with E-state index in [2.05, 4.69) is 33.4 Å². The molecule has 1 aliphatic rings. The van der Waals surface area contributed by atoms with Gasteiger partial charge in [0.25, 0.3) is 0 Å². The molecule has 0 aromatic carbocycles. The molecule has 0 radical (unpaired) electrons. The molecule has 1 nitrogen and oxygen atoms in total. The molecule has 0 unspecified atom stereocenters. The fourth-order valence-electron chi connectivity index (χ4n) is 2.67. The first kappa shape index (κ1) is 12.3. The van der Waals surface area contributed by atoms with Gasteiger partial charge in [0.05, 0.1) is 11.5 Å². The van der Waals surface area contributed by atoms with E-state index in [0.717, 1.165) is 25.2 Å². The number of hydrogen-bond acceptors (Lipinski definition) is 1. The Hall–Kier alpha value is -0.770. The van der Waals surface area contributed by atoms with Crippen LogP contribution < -0.4 is 0 Å². The van der Waals surface area contributed by atoms with Crippen LogP contribution in [0.3, 0.4) is 0 Å². The Morgan fingerprint density at radius 2 is 1.93 bits per heavy atom. The van der Waals surface area contributed by atoms with Gasteiger partial charge in [-0.3, -0.25) is 0 Å². The number of nitriles is 1. The highest BCUT2D eigenvalue weighted by Gasteiger charge is 2.37. The summed E-state index contributed by atoms with van der Waals surface area (Å²) in [5.41, 5.74) is 0.305. The van der Waals surface area contributed by atoms with E-state index in [4.69, 9.17) is 0 Å². The molecular formula is C14H23N. The van der Waals surface area contributed by atoms with E-state index < -0.39 is 0 Å². The highest BCUT2D eigenvalue weighted by atomic mass is 14.4. The summed E-state index contributed by atoms with van der Waals surface area (Å²) >= 11 is 0. The van der Waals surface area contributed by atoms with E-state index in [1.54, 1.807) is 0 Å². The van der Waals surface area contributed by atoms with Crippen molar-refractivity contribution in [3.8, 4) is 6.07 Å². The Labute approximate surface area is 94.2 Å². The Balaban J connectivity index is 2.62. The van der Waals surface area contributed by atoms with Gasteiger partial charge in [-0.1, -0.05) is 26.8 Å². The predicted octanol–water partition coefficient (Wildman–Crippen LogP) is 4.31. The minimum atomic E-state index is -0.0937. The molecule has 0 bridgehead atoms. The van der Waals surface area contributed by atoms with Gasteiger partial charge in [0.1, 0.15) is 0 Å². The Morgan fingerprint density at radius 3 is 2.27 bits per heavy atom. The number of nitrogens with zero attached hydrogens (tertiary/aromatic N) is 1. The molecule has 0 aromatic heterocycles. The lowest BCUT2D eigenvalue weighted by Gasteiger charge is -2.40. The maximum Gasteiger partial charge on any atom is 0.0693 e. The molecule has 1 rings (SSSR count). The molecule has 1 aliphatic carbocycles. The summed E-state index contributed by atoms with van der Waals surface area (Å²) < 4.78 is 0. The molecule has 0 spiro atoms. The first-order chi connectivity index (χ1) is 6.93. The molecule has 0 atom stereocenters. The topological polar surface area (TPSA) is 23.8 Å². The van der Waals surface area contributed by atoms with Crippen molar-refractivity contribution < 1.29 is 0 Å². The SMILES string of the molecule is C=CCC1(C#N)CCC(C(C)(C)C)CC1. The smallest absolute Gasteiger partial charge is 0.0693 e. The summed E-state index contributed by atoms with van der Waals surface area (Å²) in [4.78, 5) is 0. The Bertz CT molecular complexity index is 256. The van der Waals surface area contributed by atoms with Gasteiger partial charge in [-0.15, -0.1) is 6.58 Å². The van der Waals surface area contributed by atoms with Crippen molar-refractivity contribution in [2.75, 3.05) is 0 Å². The summed E-state index contributed by atoms with van der Waals surface area (Å²) in [6.07, 6.45) is 7.27. The first-order valence-corrected chi connectivity index (χ1v) is 5.96. The molecule has 0 aromatic rings. The van der Waals surface area contributed by atoms with Crippen molar-refractivity contribution in [1.82, 2.24) is 0 Å². The predicted molar refractivity (Wildman–Crippen MR) is 64.3 cm³/mol. The second-order valence-electron chi connectivity index (χ2n) is 6.03. The molecule has 0 saturated heterocycles. The minimum absolute atomic E-state index is 0.0937. The van der Waals surface area contributed by atoms with Crippen LogP contribution in [-0.2, 0) is 0 Å². The second kappa shape index (κ2) is 4.39. The van der Waals surface area contributed by atoms with Gasteiger partial charge in [-0.2, -0.15) is 5.26 Å². The zero-order chi connectivity index (χ0) is 11.5. The third-order valence-corrected chi connectivity index (χ3v) is 3.94. The lowest BCUT2D eigenvalue weighted by Crippen LogP contribution is -2.31. The molecule has 0 heterocycles. The molecule has 1 saturated carbocycles. The summed E-state index contributed by atoms with van der Waals surface area (Å²) in [6.45, 7) is 10.7. The average molecular weight is 205 g/mol. The van der Waals surface area contributed by atoms with Gasteiger partial charge in [-0.25, -0.2) is 0 Å². The van der Waals surface area contributed by atoms with Crippen LogP contribution in [0.2, 0.25) is 0 Å².